The number of amides is 1. The Morgan fingerprint density at radius 3 is 2.24 bits per heavy atom. The number of hydrogen-bond donors (Lipinski definition) is 0. The molecule has 2 saturated heterocycles. The van der Waals surface area contributed by atoms with Crippen LogP contribution in [0.5, 0.6) is 0 Å². The van der Waals surface area contributed by atoms with E-state index < -0.39 is 15.4 Å². The van der Waals surface area contributed by atoms with Crippen LogP contribution >= 0.6 is 0 Å². The highest BCUT2D eigenvalue weighted by Gasteiger charge is 2.60. The number of sulfonamides is 1. The van der Waals surface area contributed by atoms with Crippen LogP contribution in [-0.2, 0) is 14.8 Å². The fourth-order valence-corrected chi connectivity index (χ4v) is 4.62. The van der Waals surface area contributed by atoms with Crippen molar-refractivity contribution >= 4 is 15.9 Å². The number of likely N-dealkylation sites (tertiary alicyclic amines) is 1. The first-order chi connectivity index (χ1) is 9.86. The molecule has 1 atom stereocenters. The van der Waals surface area contributed by atoms with Crippen molar-refractivity contribution < 1.29 is 13.2 Å². The lowest BCUT2D eigenvalue weighted by atomic mass is 9.63. The number of nitrogens with zero attached hydrogens (tertiary/aromatic N) is 2. The molecule has 6 heteroatoms. The largest absolute Gasteiger partial charge is 0.337 e. The van der Waals surface area contributed by atoms with Crippen LogP contribution in [0.25, 0.3) is 0 Å². The molecule has 0 radical (unpaired) electrons. The van der Waals surface area contributed by atoms with Gasteiger partial charge in [-0.1, -0.05) is 30.3 Å². The monoisotopic (exact) mass is 308 g/mol. The van der Waals surface area contributed by atoms with Gasteiger partial charge in [0.15, 0.2) is 0 Å². The first kappa shape index (κ1) is 14.5. The molecule has 0 bridgehead atoms. The van der Waals surface area contributed by atoms with Gasteiger partial charge in [-0.05, 0) is 18.4 Å². The van der Waals surface area contributed by atoms with E-state index >= 15 is 0 Å². The summed E-state index contributed by atoms with van der Waals surface area (Å²) in [6, 6.07) is 10.1. The first-order valence-corrected chi connectivity index (χ1v) is 8.98. The summed E-state index contributed by atoms with van der Waals surface area (Å²) < 4.78 is 24.7. The van der Waals surface area contributed by atoms with E-state index in [-0.39, 0.29) is 11.9 Å². The molecule has 0 aliphatic carbocycles. The second-order valence-electron chi connectivity index (χ2n) is 6.05. The average Bonchev–Trinajstić information content (AvgIpc) is 2.47. The van der Waals surface area contributed by atoms with Crippen LogP contribution in [0.1, 0.15) is 24.4 Å². The first-order valence-electron chi connectivity index (χ1n) is 7.13. The zero-order valence-electron chi connectivity index (χ0n) is 12.3. The molecule has 21 heavy (non-hydrogen) atoms. The average molecular weight is 308 g/mol. The van der Waals surface area contributed by atoms with Crippen molar-refractivity contribution in [3.05, 3.63) is 35.9 Å². The Kier molecular flexibility index (Phi) is 3.33. The van der Waals surface area contributed by atoms with E-state index in [0.717, 1.165) is 5.56 Å². The lowest BCUT2D eigenvalue weighted by molar-refractivity contribution is -0.175. The maximum Gasteiger partial charge on any atom is 0.231 e. The third-order valence-corrected chi connectivity index (χ3v) is 6.16. The second kappa shape index (κ2) is 4.81. The fourth-order valence-electron chi connectivity index (χ4n) is 3.77. The molecule has 0 saturated carbocycles. The highest BCUT2D eigenvalue weighted by molar-refractivity contribution is 7.88. The molecule has 1 spiro atoms. The van der Waals surface area contributed by atoms with Gasteiger partial charge in [0.05, 0.1) is 17.7 Å². The zero-order valence-corrected chi connectivity index (χ0v) is 13.1. The summed E-state index contributed by atoms with van der Waals surface area (Å²) in [6.45, 7) is 0.865. The van der Waals surface area contributed by atoms with Crippen LogP contribution < -0.4 is 0 Å². The molecule has 5 nitrogen and oxygen atoms in total. The normalized spacial score (nSPS) is 25.9. The Hall–Kier alpha value is -1.40. The minimum Gasteiger partial charge on any atom is -0.337 e. The number of rotatable bonds is 2. The van der Waals surface area contributed by atoms with Crippen molar-refractivity contribution in [2.45, 2.75) is 18.9 Å². The maximum atomic E-state index is 12.4. The molecule has 114 valence electrons. The second-order valence-corrected chi connectivity index (χ2v) is 8.03. The van der Waals surface area contributed by atoms with Crippen molar-refractivity contribution in [3.63, 3.8) is 0 Å². The van der Waals surface area contributed by atoms with Crippen molar-refractivity contribution in [1.29, 1.82) is 0 Å². The maximum absolute atomic E-state index is 12.4. The van der Waals surface area contributed by atoms with E-state index in [1.807, 2.05) is 37.4 Å². The highest BCUT2D eigenvalue weighted by atomic mass is 32.2. The topological polar surface area (TPSA) is 57.7 Å². The Morgan fingerprint density at radius 2 is 1.71 bits per heavy atom. The van der Waals surface area contributed by atoms with Crippen molar-refractivity contribution in [1.82, 2.24) is 9.21 Å². The molecule has 2 aliphatic heterocycles. The van der Waals surface area contributed by atoms with Gasteiger partial charge in [-0.15, -0.1) is 0 Å². The molecule has 3 rings (SSSR count). The van der Waals surface area contributed by atoms with Gasteiger partial charge >= 0.3 is 0 Å². The number of hydrogen-bond acceptors (Lipinski definition) is 3. The zero-order chi connectivity index (χ0) is 15.3. The predicted octanol–water partition coefficient (Wildman–Crippen LogP) is 1.24. The van der Waals surface area contributed by atoms with Gasteiger partial charge in [0.25, 0.3) is 0 Å². The Bertz CT molecular complexity index is 649. The van der Waals surface area contributed by atoms with Gasteiger partial charge in [-0.2, -0.15) is 0 Å². The predicted molar refractivity (Wildman–Crippen MR) is 80.0 cm³/mol. The molecular weight excluding hydrogens is 288 g/mol. The van der Waals surface area contributed by atoms with Gasteiger partial charge in [0, 0.05) is 20.1 Å². The van der Waals surface area contributed by atoms with Crippen LogP contribution in [0.4, 0.5) is 0 Å². The highest BCUT2D eigenvalue weighted by Crippen LogP contribution is 2.55. The van der Waals surface area contributed by atoms with Crippen LogP contribution in [0, 0.1) is 5.41 Å². The van der Waals surface area contributed by atoms with Crippen molar-refractivity contribution in [2.24, 2.45) is 5.41 Å². The van der Waals surface area contributed by atoms with Crippen LogP contribution in [-0.4, -0.2) is 49.9 Å². The molecule has 2 heterocycles. The summed E-state index contributed by atoms with van der Waals surface area (Å²) in [5, 5.41) is 0. The number of piperidine rings is 1. The Morgan fingerprint density at radius 1 is 1.14 bits per heavy atom. The summed E-state index contributed by atoms with van der Waals surface area (Å²) in [7, 11) is -1.34. The number of β-lactam (4-membered cyclic amide) rings is 1. The molecule has 1 amide bonds. The van der Waals surface area contributed by atoms with E-state index in [4.69, 9.17) is 0 Å². The van der Waals surface area contributed by atoms with Crippen molar-refractivity contribution in [3.8, 4) is 0 Å². The molecule has 2 aliphatic rings. The van der Waals surface area contributed by atoms with E-state index in [1.165, 1.54) is 10.6 Å². The molecular formula is C15H20N2O3S. The molecule has 1 aromatic carbocycles. The van der Waals surface area contributed by atoms with Gasteiger partial charge in [-0.3, -0.25) is 4.79 Å². The van der Waals surface area contributed by atoms with Gasteiger partial charge in [0.1, 0.15) is 0 Å². The lowest BCUT2D eigenvalue weighted by Gasteiger charge is -2.57. The molecule has 0 unspecified atom stereocenters. The summed E-state index contributed by atoms with van der Waals surface area (Å²) in [4.78, 5) is 14.2. The summed E-state index contributed by atoms with van der Waals surface area (Å²) >= 11 is 0. The minimum atomic E-state index is -3.16. The molecule has 0 aromatic heterocycles. The number of carbonyl (C=O) groups is 1. The van der Waals surface area contributed by atoms with E-state index in [9.17, 15) is 13.2 Å². The van der Waals surface area contributed by atoms with Crippen LogP contribution in [0.2, 0.25) is 0 Å². The molecule has 2 fully saturated rings. The smallest absolute Gasteiger partial charge is 0.231 e. The van der Waals surface area contributed by atoms with Crippen molar-refractivity contribution in [2.75, 3.05) is 26.4 Å². The quantitative estimate of drug-likeness (QED) is 0.773. The third kappa shape index (κ3) is 2.17. The summed E-state index contributed by atoms with van der Waals surface area (Å²) in [5.41, 5.74) is 0.713. The number of benzene rings is 1. The Labute approximate surface area is 125 Å². The summed E-state index contributed by atoms with van der Waals surface area (Å²) in [5.74, 6) is 0.143. The number of carbonyl (C=O) groups excluding carboxylic acids is 1. The molecule has 0 N–H and O–H groups in total. The van der Waals surface area contributed by atoms with E-state index in [1.54, 1.807) is 4.90 Å². The van der Waals surface area contributed by atoms with E-state index in [0.29, 0.717) is 25.9 Å². The van der Waals surface area contributed by atoms with Gasteiger partial charge in [0.2, 0.25) is 15.9 Å². The lowest BCUT2D eigenvalue weighted by Crippen LogP contribution is -2.65. The molecule has 1 aromatic rings. The van der Waals surface area contributed by atoms with Gasteiger partial charge in [-0.25, -0.2) is 12.7 Å². The standard InChI is InChI=1S/C15H20N2O3S/c1-16-13(12-6-4-3-5-7-12)15(14(16)18)8-10-17(11-9-15)21(2,19)20/h3-7,13H,8-11H2,1-2H3/t13-/m1/s1. The fraction of sp³-hybridized carbons (Fsp3) is 0.533. The van der Waals surface area contributed by atoms with Crippen LogP contribution in [0.3, 0.4) is 0 Å². The summed E-state index contributed by atoms with van der Waals surface area (Å²) in [6.07, 6.45) is 2.43. The van der Waals surface area contributed by atoms with Crippen LogP contribution in [0.15, 0.2) is 30.3 Å². The third-order valence-electron chi connectivity index (χ3n) is 4.86. The SMILES string of the molecule is CN1C(=O)C2(CCN(S(C)(=O)=O)CC2)[C@H]1c1ccccc1. The Balaban J connectivity index is 1.86. The van der Waals surface area contributed by atoms with Gasteiger partial charge < -0.3 is 4.90 Å². The van der Waals surface area contributed by atoms with E-state index in [2.05, 4.69) is 0 Å². The minimum absolute atomic E-state index is 0.0629.